The molecule has 3 N–H and O–H groups in total. The Hall–Kier alpha value is -0.660. The van der Waals surface area contributed by atoms with Gasteiger partial charge in [-0.05, 0) is 32.6 Å². The van der Waals surface area contributed by atoms with Crippen molar-refractivity contribution < 1.29 is 17.9 Å². The number of carbonyl (C=O) groups is 1. The van der Waals surface area contributed by atoms with Crippen LogP contribution in [0.2, 0.25) is 0 Å². The predicted molar refractivity (Wildman–Crippen MR) is 63.8 cm³/mol. The lowest BCUT2D eigenvalue weighted by Crippen LogP contribution is -2.42. The highest BCUT2D eigenvalue weighted by Gasteiger charge is 2.25. The molecule has 0 aromatic heterocycles. The van der Waals surface area contributed by atoms with Crippen LogP contribution in [0.25, 0.3) is 0 Å². The van der Waals surface area contributed by atoms with Gasteiger partial charge in [-0.2, -0.15) is 0 Å². The van der Waals surface area contributed by atoms with Crippen molar-refractivity contribution in [3.05, 3.63) is 0 Å². The number of hydrogen-bond donors (Lipinski definition) is 2. The minimum atomic E-state index is -3.59. The minimum Gasteiger partial charge on any atom is -0.465 e. The lowest BCUT2D eigenvalue weighted by molar-refractivity contribution is -0.139. The van der Waals surface area contributed by atoms with E-state index in [0.717, 1.165) is 25.7 Å². The van der Waals surface area contributed by atoms with Crippen molar-refractivity contribution in [2.45, 2.75) is 44.7 Å². The molecule has 1 rings (SSSR count). The lowest BCUT2D eigenvalue weighted by atomic mass is 9.93. The summed E-state index contributed by atoms with van der Waals surface area (Å²) in [5, 5.41) is 0. The van der Waals surface area contributed by atoms with Gasteiger partial charge in [0.05, 0.1) is 6.61 Å². The van der Waals surface area contributed by atoms with E-state index in [0.29, 0.717) is 0 Å². The Morgan fingerprint density at radius 1 is 1.35 bits per heavy atom. The molecular weight excluding hydrogens is 244 g/mol. The number of esters is 1. The van der Waals surface area contributed by atoms with Gasteiger partial charge in [-0.1, -0.05) is 0 Å². The summed E-state index contributed by atoms with van der Waals surface area (Å²) in [6.45, 7) is 1.83. The zero-order valence-corrected chi connectivity index (χ0v) is 10.8. The highest BCUT2D eigenvalue weighted by molar-refractivity contribution is 7.90. The molecule has 0 aromatic rings. The first kappa shape index (κ1) is 14.4. The normalized spacial score (nSPS) is 25.5. The maximum Gasteiger partial charge on any atom is 0.322 e. The molecule has 7 heteroatoms. The third-order valence-electron chi connectivity index (χ3n) is 2.73. The average molecular weight is 264 g/mol. The molecule has 6 nitrogen and oxygen atoms in total. The van der Waals surface area contributed by atoms with Crippen LogP contribution < -0.4 is 10.5 Å². The Morgan fingerprint density at radius 3 is 2.47 bits per heavy atom. The lowest BCUT2D eigenvalue weighted by Gasteiger charge is -2.26. The molecule has 0 heterocycles. The molecule has 0 bridgehead atoms. The second kappa shape index (κ2) is 6.32. The molecule has 1 aliphatic rings. The summed E-state index contributed by atoms with van der Waals surface area (Å²) in [5.74, 6) is -1.32. The van der Waals surface area contributed by atoms with E-state index in [1.807, 2.05) is 0 Å². The van der Waals surface area contributed by atoms with Gasteiger partial charge in [-0.15, -0.1) is 0 Å². The number of sulfonamides is 1. The summed E-state index contributed by atoms with van der Waals surface area (Å²) in [6, 6.07) is 0.0648. The third-order valence-corrected chi connectivity index (χ3v) is 4.04. The number of hydrogen-bond acceptors (Lipinski definition) is 5. The van der Waals surface area contributed by atoms with E-state index in [2.05, 4.69) is 9.46 Å². The number of rotatable bonds is 5. The maximum absolute atomic E-state index is 11.6. The molecule has 0 amide bonds. The van der Waals surface area contributed by atoms with Crippen LogP contribution in [0, 0.1) is 0 Å². The van der Waals surface area contributed by atoms with E-state index >= 15 is 0 Å². The Labute approximate surface area is 102 Å². The molecule has 1 fully saturated rings. The van der Waals surface area contributed by atoms with Gasteiger partial charge < -0.3 is 10.5 Å². The highest BCUT2D eigenvalue weighted by Crippen LogP contribution is 2.17. The van der Waals surface area contributed by atoms with Gasteiger partial charge >= 0.3 is 5.97 Å². The first-order valence-electron chi connectivity index (χ1n) is 5.84. The first-order chi connectivity index (χ1) is 7.93. The van der Waals surface area contributed by atoms with Crippen molar-refractivity contribution >= 4 is 16.0 Å². The van der Waals surface area contributed by atoms with Gasteiger partial charge in [0.15, 0.2) is 5.75 Å². The van der Waals surface area contributed by atoms with Gasteiger partial charge in [-0.3, -0.25) is 4.79 Å². The zero-order chi connectivity index (χ0) is 12.9. The molecule has 0 unspecified atom stereocenters. The van der Waals surface area contributed by atoms with Crippen LogP contribution >= 0.6 is 0 Å². The summed E-state index contributed by atoms with van der Waals surface area (Å²) in [5.41, 5.74) is 5.73. The molecule has 0 spiro atoms. The van der Waals surface area contributed by atoms with Crippen molar-refractivity contribution in [1.29, 1.82) is 0 Å². The van der Waals surface area contributed by atoms with Gasteiger partial charge in [0.2, 0.25) is 10.0 Å². The third kappa shape index (κ3) is 5.47. The van der Waals surface area contributed by atoms with E-state index in [4.69, 9.17) is 5.73 Å². The predicted octanol–water partition coefficient (Wildman–Crippen LogP) is -0.261. The quantitative estimate of drug-likeness (QED) is 0.667. The van der Waals surface area contributed by atoms with Crippen molar-refractivity contribution in [1.82, 2.24) is 4.72 Å². The molecule has 100 valence electrons. The van der Waals surface area contributed by atoms with E-state index in [9.17, 15) is 13.2 Å². The van der Waals surface area contributed by atoms with Crippen LogP contribution in [0.3, 0.4) is 0 Å². The average Bonchev–Trinajstić information content (AvgIpc) is 2.20. The fourth-order valence-corrected chi connectivity index (χ4v) is 3.11. The fraction of sp³-hybridized carbons (Fsp3) is 0.900. The Morgan fingerprint density at radius 2 is 1.94 bits per heavy atom. The maximum atomic E-state index is 11.6. The van der Waals surface area contributed by atoms with E-state index in [1.54, 1.807) is 6.92 Å². The molecular formula is C10H20N2O4S. The zero-order valence-electron chi connectivity index (χ0n) is 10.0. The van der Waals surface area contributed by atoms with Crippen LogP contribution in [-0.2, 0) is 19.6 Å². The Kier molecular flexibility index (Phi) is 5.35. The van der Waals surface area contributed by atoms with Crippen molar-refractivity contribution in [3.8, 4) is 0 Å². The van der Waals surface area contributed by atoms with Gasteiger partial charge in [0.1, 0.15) is 0 Å². The van der Waals surface area contributed by atoms with E-state index < -0.39 is 21.7 Å². The molecule has 1 saturated carbocycles. The molecule has 0 radical (unpaired) electrons. The molecule has 0 saturated heterocycles. The summed E-state index contributed by atoms with van der Waals surface area (Å²) in [6.07, 6.45) is 3.08. The summed E-state index contributed by atoms with van der Waals surface area (Å²) in [7, 11) is -3.59. The second-order valence-corrected chi connectivity index (χ2v) is 6.05. The summed E-state index contributed by atoms with van der Waals surface area (Å²) in [4.78, 5) is 11.1. The van der Waals surface area contributed by atoms with Crippen molar-refractivity contribution in [2.24, 2.45) is 5.73 Å². The molecule has 17 heavy (non-hydrogen) atoms. The molecule has 1 aliphatic carbocycles. The Balaban J connectivity index is 2.41. The first-order valence-corrected chi connectivity index (χ1v) is 7.49. The van der Waals surface area contributed by atoms with E-state index in [1.165, 1.54) is 0 Å². The highest BCUT2D eigenvalue weighted by atomic mass is 32.2. The van der Waals surface area contributed by atoms with Crippen molar-refractivity contribution in [2.75, 3.05) is 12.4 Å². The largest absolute Gasteiger partial charge is 0.465 e. The van der Waals surface area contributed by atoms with Gasteiger partial charge in [0.25, 0.3) is 0 Å². The number of carbonyl (C=O) groups excluding carboxylic acids is 1. The monoisotopic (exact) mass is 264 g/mol. The van der Waals surface area contributed by atoms with E-state index in [-0.39, 0.29) is 18.7 Å². The van der Waals surface area contributed by atoms with Crippen LogP contribution in [0.4, 0.5) is 0 Å². The number of ether oxygens (including phenoxy) is 1. The topological polar surface area (TPSA) is 98.5 Å². The summed E-state index contributed by atoms with van der Waals surface area (Å²) < 4.78 is 30.4. The standard InChI is InChI=1S/C10H20N2O4S/c1-2-16-10(13)7-17(14,15)12-9-5-3-8(11)4-6-9/h8-9,12H,2-7,11H2,1H3. The molecule has 0 aromatic carbocycles. The molecule has 0 aliphatic heterocycles. The number of nitrogens with two attached hydrogens (primary N) is 1. The SMILES string of the molecule is CCOC(=O)CS(=O)(=O)NC1CCC(N)CC1. The van der Waals surface area contributed by atoms with Crippen molar-refractivity contribution in [3.63, 3.8) is 0 Å². The van der Waals surface area contributed by atoms with Crippen LogP contribution in [0.1, 0.15) is 32.6 Å². The van der Waals surface area contributed by atoms with Crippen LogP contribution in [0.5, 0.6) is 0 Å². The van der Waals surface area contributed by atoms with Gasteiger partial charge in [-0.25, -0.2) is 13.1 Å². The fourth-order valence-electron chi connectivity index (χ4n) is 1.89. The van der Waals surface area contributed by atoms with Gasteiger partial charge in [0, 0.05) is 12.1 Å². The smallest absolute Gasteiger partial charge is 0.322 e. The number of nitrogens with one attached hydrogen (secondary N) is 1. The van der Waals surface area contributed by atoms with Crippen LogP contribution in [-0.4, -0.2) is 38.8 Å². The molecule has 0 atom stereocenters. The minimum absolute atomic E-state index is 0.103. The summed E-state index contributed by atoms with van der Waals surface area (Å²) >= 11 is 0. The van der Waals surface area contributed by atoms with Crippen LogP contribution in [0.15, 0.2) is 0 Å². The Bertz CT molecular complexity index is 347. The second-order valence-electron chi connectivity index (χ2n) is 4.29.